The molecule has 3 aromatic carbocycles. The molecule has 0 aliphatic carbocycles. The Bertz CT molecular complexity index is 1120. The fourth-order valence-corrected chi connectivity index (χ4v) is 3.39. The highest BCUT2D eigenvalue weighted by molar-refractivity contribution is 9.10. The zero-order valence-corrected chi connectivity index (χ0v) is 17.8. The number of anilines is 1. The maximum absolute atomic E-state index is 13.4. The molecule has 0 spiro atoms. The highest BCUT2D eigenvalue weighted by atomic mass is 79.9. The van der Waals surface area contributed by atoms with E-state index >= 15 is 0 Å². The normalized spacial score (nSPS) is 14.9. The van der Waals surface area contributed by atoms with Crippen LogP contribution in [0.2, 0.25) is 0 Å². The first-order valence-corrected chi connectivity index (χ1v) is 10.2. The van der Waals surface area contributed by atoms with Gasteiger partial charge in [-0.2, -0.15) is 0 Å². The van der Waals surface area contributed by atoms with Crippen LogP contribution in [0.5, 0.6) is 5.75 Å². The quantitative estimate of drug-likeness (QED) is 0.446. The molecule has 0 saturated heterocycles. The summed E-state index contributed by atoms with van der Waals surface area (Å²) in [4.78, 5) is 19.4. The molecule has 0 radical (unpaired) electrons. The van der Waals surface area contributed by atoms with Crippen molar-refractivity contribution in [2.45, 2.75) is 6.92 Å². The van der Waals surface area contributed by atoms with Gasteiger partial charge in [0.2, 0.25) is 0 Å². The number of benzene rings is 3. The Labute approximate surface area is 182 Å². The van der Waals surface area contributed by atoms with Crippen molar-refractivity contribution in [1.29, 1.82) is 0 Å². The van der Waals surface area contributed by atoms with Crippen molar-refractivity contribution in [1.82, 2.24) is 0 Å². The number of amidine groups is 1. The smallest absolute Gasteiger partial charge is 0.282 e. The SMILES string of the molecule is CCOc1ccc(N2C(=O)/C(=C\c3ccc(Br)cc3)N=C2c2ccc(F)cc2)cc1. The van der Waals surface area contributed by atoms with Gasteiger partial charge in [0.05, 0.1) is 12.3 Å². The van der Waals surface area contributed by atoms with Crippen LogP contribution in [0.4, 0.5) is 10.1 Å². The van der Waals surface area contributed by atoms with E-state index in [1.165, 1.54) is 17.0 Å². The van der Waals surface area contributed by atoms with Crippen LogP contribution >= 0.6 is 15.9 Å². The first-order chi connectivity index (χ1) is 14.5. The monoisotopic (exact) mass is 464 g/mol. The third-order valence-electron chi connectivity index (χ3n) is 4.54. The van der Waals surface area contributed by atoms with Crippen LogP contribution in [-0.4, -0.2) is 18.3 Å². The Morgan fingerprint density at radius 3 is 2.30 bits per heavy atom. The number of carbonyl (C=O) groups excluding carboxylic acids is 1. The number of rotatable bonds is 5. The van der Waals surface area contributed by atoms with E-state index in [4.69, 9.17) is 4.74 Å². The van der Waals surface area contributed by atoms with Gasteiger partial charge in [-0.05, 0) is 79.2 Å². The number of carbonyl (C=O) groups is 1. The van der Waals surface area contributed by atoms with E-state index < -0.39 is 0 Å². The number of halogens is 2. The minimum absolute atomic E-state index is 0.249. The molecule has 0 saturated carbocycles. The Morgan fingerprint density at radius 1 is 1.00 bits per heavy atom. The molecule has 0 bridgehead atoms. The highest BCUT2D eigenvalue weighted by Crippen LogP contribution is 2.29. The zero-order valence-electron chi connectivity index (χ0n) is 16.2. The Kier molecular flexibility index (Phi) is 5.77. The summed E-state index contributed by atoms with van der Waals surface area (Å²) in [6, 6.07) is 20.8. The molecule has 1 aliphatic heterocycles. The van der Waals surface area contributed by atoms with Gasteiger partial charge in [-0.1, -0.05) is 28.1 Å². The van der Waals surface area contributed by atoms with Crippen molar-refractivity contribution in [3.05, 3.63) is 99.9 Å². The van der Waals surface area contributed by atoms with E-state index in [-0.39, 0.29) is 11.7 Å². The topological polar surface area (TPSA) is 41.9 Å². The Balaban J connectivity index is 1.76. The van der Waals surface area contributed by atoms with Gasteiger partial charge in [0.25, 0.3) is 5.91 Å². The maximum atomic E-state index is 13.4. The summed E-state index contributed by atoms with van der Waals surface area (Å²) in [5, 5.41) is 0. The minimum Gasteiger partial charge on any atom is -0.494 e. The molecule has 6 heteroatoms. The van der Waals surface area contributed by atoms with Crippen molar-refractivity contribution >= 4 is 39.4 Å². The lowest BCUT2D eigenvalue weighted by Gasteiger charge is -2.19. The van der Waals surface area contributed by atoms with E-state index in [1.54, 1.807) is 18.2 Å². The fraction of sp³-hybridized carbons (Fsp3) is 0.0833. The molecule has 0 unspecified atom stereocenters. The molecular weight excluding hydrogens is 447 g/mol. The van der Waals surface area contributed by atoms with Crippen LogP contribution in [-0.2, 0) is 4.79 Å². The summed E-state index contributed by atoms with van der Waals surface area (Å²) in [6.45, 7) is 2.47. The third-order valence-corrected chi connectivity index (χ3v) is 5.07. The lowest BCUT2D eigenvalue weighted by Crippen LogP contribution is -2.32. The average Bonchev–Trinajstić information content (AvgIpc) is 3.07. The molecule has 1 amide bonds. The lowest BCUT2D eigenvalue weighted by molar-refractivity contribution is -0.113. The predicted octanol–water partition coefficient (Wildman–Crippen LogP) is 5.82. The van der Waals surface area contributed by atoms with Crippen molar-refractivity contribution in [2.75, 3.05) is 11.5 Å². The molecule has 0 N–H and O–H groups in total. The number of hydrogen-bond acceptors (Lipinski definition) is 3. The summed E-state index contributed by atoms with van der Waals surface area (Å²) in [7, 11) is 0. The summed E-state index contributed by atoms with van der Waals surface area (Å²) >= 11 is 3.41. The van der Waals surface area contributed by atoms with Crippen LogP contribution in [0.15, 0.2) is 88.0 Å². The average molecular weight is 465 g/mol. The Morgan fingerprint density at radius 2 is 1.67 bits per heavy atom. The van der Waals surface area contributed by atoms with Crippen molar-refractivity contribution in [3.63, 3.8) is 0 Å². The zero-order chi connectivity index (χ0) is 21.1. The highest BCUT2D eigenvalue weighted by Gasteiger charge is 2.32. The predicted molar refractivity (Wildman–Crippen MR) is 120 cm³/mol. The number of aliphatic imine (C=N–C) groups is 1. The second-order valence-electron chi connectivity index (χ2n) is 6.59. The van der Waals surface area contributed by atoms with Gasteiger partial charge in [0, 0.05) is 10.0 Å². The largest absolute Gasteiger partial charge is 0.494 e. The maximum Gasteiger partial charge on any atom is 0.282 e. The van der Waals surface area contributed by atoms with Crippen molar-refractivity contribution in [3.8, 4) is 5.75 Å². The molecule has 1 aliphatic rings. The minimum atomic E-state index is -0.345. The molecule has 3 aromatic rings. The molecule has 4 nitrogen and oxygen atoms in total. The first-order valence-electron chi connectivity index (χ1n) is 9.44. The van der Waals surface area contributed by atoms with Gasteiger partial charge < -0.3 is 4.74 Å². The molecule has 0 atom stereocenters. The summed E-state index contributed by atoms with van der Waals surface area (Å²) in [6.07, 6.45) is 1.74. The van der Waals surface area contributed by atoms with Crippen molar-refractivity contribution < 1.29 is 13.9 Å². The van der Waals surface area contributed by atoms with Crippen LogP contribution in [0.1, 0.15) is 18.1 Å². The molecule has 4 rings (SSSR count). The third kappa shape index (κ3) is 4.19. The van der Waals surface area contributed by atoms with Gasteiger partial charge in [0.15, 0.2) is 0 Å². The molecule has 1 heterocycles. The van der Waals surface area contributed by atoms with Crippen LogP contribution in [0, 0.1) is 5.82 Å². The summed E-state index contributed by atoms with van der Waals surface area (Å²) < 4.78 is 19.9. The van der Waals surface area contributed by atoms with E-state index in [1.807, 2.05) is 55.5 Å². The van der Waals surface area contributed by atoms with E-state index in [0.29, 0.717) is 29.4 Å². The number of amides is 1. The van der Waals surface area contributed by atoms with E-state index in [9.17, 15) is 9.18 Å². The van der Waals surface area contributed by atoms with Gasteiger partial charge >= 0.3 is 0 Å². The van der Waals surface area contributed by atoms with Gasteiger partial charge in [-0.15, -0.1) is 0 Å². The van der Waals surface area contributed by atoms with Crippen LogP contribution < -0.4 is 9.64 Å². The molecule has 150 valence electrons. The standard InChI is InChI=1S/C24H18BrFN2O2/c1-2-30-21-13-11-20(12-14-21)28-23(17-5-9-19(26)10-6-17)27-22(24(28)29)15-16-3-7-18(25)8-4-16/h3-15H,2H2,1H3/b22-15+. The summed E-state index contributed by atoms with van der Waals surface area (Å²) in [5.41, 5.74) is 2.48. The fourth-order valence-electron chi connectivity index (χ4n) is 3.12. The van der Waals surface area contributed by atoms with Gasteiger partial charge in [0.1, 0.15) is 23.1 Å². The van der Waals surface area contributed by atoms with E-state index in [0.717, 1.165) is 15.8 Å². The number of hydrogen-bond donors (Lipinski definition) is 0. The Hall–Kier alpha value is -3.25. The molecular formula is C24H18BrFN2O2. The first kappa shape index (κ1) is 20.0. The second kappa shape index (κ2) is 8.63. The number of nitrogens with zero attached hydrogens (tertiary/aromatic N) is 2. The molecule has 30 heavy (non-hydrogen) atoms. The van der Waals surface area contributed by atoms with E-state index in [2.05, 4.69) is 20.9 Å². The summed E-state index contributed by atoms with van der Waals surface area (Å²) in [5.74, 6) is 0.578. The van der Waals surface area contributed by atoms with Gasteiger partial charge in [-0.25, -0.2) is 9.38 Å². The van der Waals surface area contributed by atoms with Gasteiger partial charge in [-0.3, -0.25) is 9.69 Å². The lowest BCUT2D eigenvalue weighted by atomic mass is 10.1. The van der Waals surface area contributed by atoms with Crippen LogP contribution in [0.3, 0.4) is 0 Å². The number of ether oxygens (including phenoxy) is 1. The molecule has 0 fully saturated rings. The van der Waals surface area contributed by atoms with Crippen molar-refractivity contribution in [2.24, 2.45) is 4.99 Å². The van der Waals surface area contributed by atoms with Crippen LogP contribution in [0.25, 0.3) is 6.08 Å². The molecule has 0 aromatic heterocycles. The second-order valence-corrected chi connectivity index (χ2v) is 7.51.